The summed E-state index contributed by atoms with van der Waals surface area (Å²) in [6.07, 6.45) is 3.67. The molecule has 7 nitrogen and oxygen atoms in total. The summed E-state index contributed by atoms with van der Waals surface area (Å²) in [6, 6.07) is 0.0687. The van der Waals surface area contributed by atoms with Crippen molar-refractivity contribution in [3.63, 3.8) is 0 Å². The van der Waals surface area contributed by atoms with E-state index in [9.17, 15) is 9.59 Å². The Morgan fingerprint density at radius 2 is 2.26 bits per heavy atom. The van der Waals surface area contributed by atoms with Gasteiger partial charge in [-0.05, 0) is 20.5 Å². The number of carbonyl (C=O) groups excluding carboxylic acids is 1. The molecular formula is C12H18N4O3. The Balaban J connectivity index is 1.97. The van der Waals surface area contributed by atoms with E-state index in [0.717, 1.165) is 6.42 Å². The molecule has 2 heterocycles. The molecule has 0 saturated carbocycles. The molecule has 0 aliphatic carbocycles. The van der Waals surface area contributed by atoms with Crippen molar-refractivity contribution >= 4 is 11.9 Å². The second-order valence-corrected chi connectivity index (χ2v) is 5.03. The molecule has 1 amide bonds. The Hall–Kier alpha value is -1.89. The first kappa shape index (κ1) is 13.5. The lowest BCUT2D eigenvalue weighted by molar-refractivity contribution is -0.130. The van der Waals surface area contributed by atoms with Crippen LogP contribution in [-0.2, 0) is 4.79 Å². The number of likely N-dealkylation sites (tertiary alicyclic amines) is 1. The minimum absolute atomic E-state index is 0.0687. The average molecular weight is 266 g/mol. The van der Waals surface area contributed by atoms with Crippen molar-refractivity contribution < 1.29 is 14.7 Å². The number of likely N-dealkylation sites (N-methyl/N-ethyl adjacent to an activating group) is 1. The van der Waals surface area contributed by atoms with Crippen LogP contribution < -0.4 is 0 Å². The van der Waals surface area contributed by atoms with Gasteiger partial charge in [0.15, 0.2) is 0 Å². The molecule has 1 atom stereocenters. The maximum absolute atomic E-state index is 11.9. The Morgan fingerprint density at radius 1 is 1.53 bits per heavy atom. The van der Waals surface area contributed by atoms with Crippen molar-refractivity contribution in [3.05, 3.63) is 18.0 Å². The van der Waals surface area contributed by atoms with Gasteiger partial charge in [-0.25, -0.2) is 4.79 Å². The van der Waals surface area contributed by atoms with Gasteiger partial charge in [0.25, 0.3) is 0 Å². The van der Waals surface area contributed by atoms with E-state index in [1.165, 1.54) is 12.4 Å². The molecule has 2 rings (SSSR count). The first-order chi connectivity index (χ1) is 8.97. The molecule has 104 valence electrons. The Labute approximate surface area is 111 Å². The number of rotatable bonds is 4. The van der Waals surface area contributed by atoms with E-state index >= 15 is 0 Å². The first-order valence-corrected chi connectivity index (χ1v) is 6.17. The van der Waals surface area contributed by atoms with Gasteiger partial charge in [-0.3, -0.25) is 9.48 Å². The summed E-state index contributed by atoms with van der Waals surface area (Å²) >= 11 is 0. The zero-order valence-corrected chi connectivity index (χ0v) is 11.1. The van der Waals surface area contributed by atoms with Crippen LogP contribution in [0.5, 0.6) is 0 Å². The van der Waals surface area contributed by atoms with Crippen molar-refractivity contribution in [2.24, 2.45) is 0 Å². The number of hydrogen-bond acceptors (Lipinski definition) is 4. The lowest BCUT2D eigenvalue weighted by atomic mass is 10.3. The fraction of sp³-hybridized carbons (Fsp3) is 0.583. The van der Waals surface area contributed by atoms with Gasteiger partial charge >= 0.3 is 5.97 Å². The second-order valence-electron chi connectivity index (χ2n) is 5.03. The standard InChI is InChI=1S/C12H18N4O3/c1-14(2)8-11(17)15-4-3-10(7-15)16-6-9(5-13-16)12(18)19/h5-6,10H,3-4,7-8H2,1-2H3,(H,18,19). The highest BCUT2D eigenvalue weighted by atomic mass is 16.4. The topological polar surface area (TPSA) is 78.7 Å². The first-order valence-electron chi connectivity index (χ1n) is 6.17. The molecule has 1 N–H and O–H groups in total. The third kappa shape index (κ3) is 3.11. The predicted molar refractivity (Wildman–Crippen MR) is 68.0 cm³/mol. The summed E-state index contributed by atoms with van der Waals surface area (Å²) in [5.41, 5.74) is 0.179. The van der Waals surface area contributed by atoms with E-state index in [1.54, 1.807) is 9.58 Å². The van der Waals surface area contributed by atoms with Gasteiger partial charge in [-0.1, -0.05) is 0 Å². The van der Waals surface area contributed by atoms with Crippen LogP contribution >= 0.6 is 0 Å². The second kappa shape index (κ2) is 5.40. The van der Waals surface area contributed by atoms with Gasteiger partial charge in [0.1, 0.15) is 0 Å². The lowest BCUT2D eigenvalue weighted by Crippen LogP contribution is -2.36. The molecule has 1 fully saturated rings. The maximum atomic E-state index is 11.9. The molecule has 0 bridgehead atoms. The summed E-state index contributed by atoms with van der Waals surface area (Å²) < 4.78 is 1.65. The fourth-order valence-electron chi connectivity index (χ4n) is 2.20. The number of carbonyl (C=O) groups is 2. The molecule has 0 aromatic carbocycles. The summed E-state index contributed by atoms with van der Waals surface area (Å²) in [4.78, 5) is 26.3. The van der Waals surface area contributed by atoms with E-state index in [2.05, 4.69) is 5.10 Å². The zero-order chi connectivity index (χ0) is 14.0. The average Bonchev–Trinajstić information content (AvgIpc) is 2.97. The van der Waals surface area contributed by atoms with Crippen molar-refractivity contribution in [2.45, 2.75) is 12.5 Å². The number of hydrogen-bond donors (Lipinski definition) is 1. The maximum Gasteiger partial charge on any atom is 0.338 e. The van der Waals surface area contributed by atoms with Crippen LogP contribution in [0.2, 0.25) is 0 Å². The summed E-state index contributed by atoms with van der Waals surface area (Å²) in [7, 11) is 3.72. The smallest absolute Gasteiger partial charge is 0.338 e. The molecular weight excluding hydrogens is 248 g/mol. The highest BCUT2D eigenvalue weighted by Gasteiger charge is 2.28. The quantitative estimate of drug-likeness (QED) is 0.824. The molecule has 1 aromatic rings. The monoisotopic (exact) mass is 266 g/mol. The van der Waals surface area contributed by atoms with Crippen LogP contribution in [0.15, 0.2) is 12.4 Å². The number of nitrogens with zero attached hydrogens (tertiary/aromatic N) is 4. The van der Waals surface area contributed by atoms with Gasteiger partial charge < -0.3 is 14.9 Å². The fourth-order valence-corrected chi connectivity index (χ4v) is 2.20. The van der Waals surface area contributed by atoms with Crippen molar-refractivity contribution in [2.75, 3.05) is 33.7 Å². The van der Waals surface area contributed by atoms with E-state index < -0.39 is 5.97 Å². The molecule has 19 heavy (non-hydrogen) atoms. The van der Waals surface area contributed by atoms with Crippen LogP contribution in [0.25, 0.3) is 0 Å². The van der Waals surface area contributed by atoms with E-state index in [0.29, 0.717) is 19.6 Å². The molecule has 1 saturated heterocycles. The third-order valence-corrected chi connectivity index (χ3v) is 3.19. The largest absolute Gasteiger partial charge is 0.478 e. The molecule has 0 radical (unpaired) electrons. The molecule has 7 heteroatoms. The molecule has 1 aromatic heterocycles. The number of amides is 1. The highest BCUT2D eigenvalue weighted by Crippen LogP contribution is 2.21. The zero-order valence-electron chi connectivity index (χ0n) is 11.1. The minimum Gasteiger partial charge on any atom is -0.478 e. The van der Waals surface area contributed by atoms with Gasteiger partial charge in [0, 0.05) is 19.3 Å². The van der Waals surface area contributed by atoms with Crippen LogP contribution in [0.4, 0.5) is 0 Å². The van der Waals surface area contributed by atoms with Crippen LogP contribution in [0.1, 0.15) is 22.8 Å². The van der Waals surface area contributed by atoms with Gasteiger partial charge in [0.2, 0.25) is 5.91 Å². The molecule has 0 spiro atoms. The van der Waals surface area contributed by atoms with E-state index in [1.807, 2.05) is 19.0 Å². The van der Waals surface area contributed by atoms with Crippen LogP contribution in [0, 0.1) is 0 Å². The molecule has 1 aliphatic rings. The summed E-state index contributed by atoms with van der Waals surface area (Å²) in [5, 5.41) is 12.9. The number of aromatic nitrogens is 2. The van der Waals surface area contributed by atoms with E-state index in [-0.39, 0.29) is 17.5 Å². The van der Waals surface area contributed by atoms with Crippen LogP contribution in [-0.4, -0.2) is 70.3 Å². The Bertz CT molecular complexity index is 483. The van der Waals surface area contributed by atoms with E-state index in [4.69, 9.17) is 5.11 Å². The van der Waals surface area contributed by atoms with Crippen LogP contribution in [0.3, 0.4) is 0 Å². The SMILES string of the molecule is CN(C)CC(=O)N1CCC(n2cc(C(=O)O)cn2)C1. The van der Waals surface area contributed by atoms with Gasteiger partial charge in [0.05, 0.1) is 24.3 Å². The molecule has 1 aliphatic heterocycles. The molecule has 1 unspecified atom stereocenters. The summed E-state index contributed by atoms with van der Waals surface area (Å²) in [5.74, 6) is -0.886. The number of carboxylic acid groups (broad SMARTS) is 1. The Kier molecular flexibility index (Phi) is 3.84. The Morgan fingerprint density at radius 3 is 2.84 bits per heavy atom. The van der Waals surface area contributed by atoms with Gasteiger partial charge in [-0.2, -0.15) is 5.10 Å². The lowest BCUT2D eigenvalue weighted by Gasteiger charge is -2.19. The third-order valence-electron chi connectivity index (χ3n) is 3.19. The minimum atomic E-state index is -0.982. The van der Waals surface area contributed by atoms with Gasteiger partial charge in [-0.15, -0.1) is 0 Å². The highest BCUT2D eigenvalue weighted by molar-refractivity contribution is 5.86. The predicted octanol–water partition coefficient (Wildman–Crippen LogP) is -0.0837. The summed E-state index contributed by atoms with van der Waals surface area (Å²) in [6.45, 7) is 1.68. The van der Waals surface area contributed by atoms with Crippen molar-refractivity contribution in [3.8, 4) is 0 Å². The van der Waals surface area contributed by atoms with Crippen molar-refractivity contribution in [1.29, 1.82) is 0 Å². The number of carboxylic acids is 1. The van der Waals surface area contributed by atoms with Crippen molar-refractivity contribution in [1.82, 2.24) is 19.6 Å². The number of aromatic carboxylic acids is 1. The normalized spacial score (nSPS) is 19.1.